The summed E-state index contributed by atoms with van der Waals surface area (Å²) >= 11 is 0. The Morgan fingerprint density at radius 1 is 1.14 bits per heavy atom. The summed E-state index contributed by atoms with van der Waals surface area (Å²) in [5.41, 5.74) is -0.698. The molecule has 0 aromatic heterocycles. The van der Waals surface area contributed by atoms with Gasteiger partial charge in [0.1, 0.15) is 5.78 Å². The molecule has 7 nitrogen and oxygen atoms in total. The van der Waals surface area contributed by atoms with Gasteiger partial charge >= 0.3 is 0 Å². The van der Waals surface area contributed by atoms with Crippen molar-refractivity contribution in [1.82, 2.24) is 0 Å². The minimum absolute atomic E-state index is 0.0380. The molecule has 0 spiro atoms. The van der Waals surface area contributed by atoms with Crippen LogP contribution in [0, 0.1) is 17.8 Å². The molecular formula is C21H36O7. The molecule has 4 rings (SSSR count). The maximum Gasteiger partial charge on any atom is 0.160 e. The molecule has 4 aliphatic rings. The fraction of sp³-hybridized carbons (Fsp3) is 0.952. The molecule has 4 bridgehead atoms. The Morgan fingerprint density at radius 3 is 2.54 bits per heavy atom. The molecule has 4 N–H and O–H groups in total. The highest BCUT2D eigenvalue weighted by Gasteiger charge is 2.48. The molecule has 0 aromatic rings. The molecule has 28 heavy (non-hydrogen) atoms. The Morgan fingerprint density at radius 2 is 1.86 bits per heavy atom. The van der Waals surface area contributed by atoms with Crippen molar-refractivity contribution in [3.63, 3.8) is 0 Å². The van der Waals surface area contributed by atoms with Crippen molar-refractivity contribution in [2.45, 2.75) is 108 Å². The second kappa shape index (κ2) is 8.66. The Bertz CT molecular complexity index is 555. The van der Waals surface area contributed by atoms with E-state index in [4.69, 9.17) is 9.47 Å². The molecule has 10 atom stereocenters. The van der Waals surface area contributed by atoms with Crippen LogP contribution in [-0.2, 0) is 14.3 Å². The van der Waals surface area contributed by atoms with Gasteiger partial charge in [-0.2, -0.15) is 0 Å². The SMILES string of the molecule is CCCC1C2CC(=O)C(C)C(O)C3CC(O)CC(C)(CCC(C(O)O2)C1O)O3. The van der Waals surface area contributed by atoms with Crippen LogP contribution in [-0.4, -0.2) is 68.6 Å². The third-order valence-electron chi connectivity index (χ3n) is 7.08. The summed E-state index contributed by atoms with van der Waals surface area (Å²) in [6.45, 7) is 5.57. The van der Waals surface area contributed by atoms with Gasteiger partial charge in [-0.25, -0.2) is 0 Å². The van der Waals surface area contributed by atoms with E-state index in [1.54, 1.807) is 6.92 Å². The zero-order chi connectivity index (χ0) is 20.6. The van der Waals surface area contributed by atoms with Gasteiger partial charge in [0.05, 0.1) is 36.1 Å². The van der Waals surface area contributed by atoms with Crippen molar-refractivity contribution in [3.8, 4) is 0 Å². The summed E-state index contributed by atoms with van der Waals surface area (Å²) in [5.74, 6) is -1.56. The lowest BCUT2D eigenvalue weighted by atomic mass is 9.76. The van der Waals surface area contributed by atoms with Gasteiger partial charge in [0.25, 0.3) is 0 Å². The number of rotatable bonds is 2. The van der Waals surface area contributed by atoms with Crippen LogP contribution < -0.4 is 0 Å². The predicted molar refractivity (Wildman–Crippen MR) is 101 cm³/mol. The fourth-order valence-electron chi connectivity index (χ4n) is 5.34. The molecule has 0 aromatic carbocycles. The normalized spacial score (nSPS) is 50.5. The molecule has 10 unspecified atom stereocenters. The van der Waals surface area contributed by atoms with Crippen molar-refractivity contribution in [2.24, 2.45) is 17.8 Å². The average Bonchev–Trinajstić information content (AvgIpc) is 2.62. The van der Waals surface area contributed by atoms with Gasteiger partial charge < -0.3 is 29.9 Å². The number of carbonyl (C=O) groups excluding carboxylic acids is 1. The highest BCUT2D eigenvalue weighted by molar-refractivity contribution is 5.81. The first-order chi connectivity index (χ1) is 13.1. The number of aliphatic hydroxyl groups excluding tert-OH is 4. The second-order valence-electron chi connectivity index (χ2n) is 9.36. The number of hydrogen-bond donors (Lipinski definition) is 4. The van der Waals surface area contributed by atoms with Crippen molar-refractivity contribution in [2.75, 3.05) is 0 Å². The smallest absolute Gasteiger partial charge is 0.160 e. The average molecular weight is 401 g/mol. The second-order valence-corrected chi connectivity index (χ2v) is 9.36. The molecule has 4 fully saturated rings. The molecule has 0 aliphatic carbocycles. The number of Topliss-reactive ketones (excluding diaryl/α,β-unsaturated/α-hetero) is 1. The van der Waals surface area contributed by atoms with E-state index in [1.165, 1.54) is 0 Å². The summed E-state index contributed by atoms with van der Waals surface area (Å²) in [6.07, 6.45) is -1.45. The van der Waals surface area contributed by atoms with Crippen LogP contribution in [0.2, 0.25) is 0 Å². The number of ketones is 1. The Kier molecular flexibility index (Phi) is 6.84. The molecule has 7 heteroatoms. The molecule has 4 saturated heterocycles. The molecule has 0 radical (unpaired) electrons. The van der Waals surface area contributed by atoms with E-state index in [2.05, 4.69) is 0 Å². The van der Waals surface area contributed by atoms with Crippen LogP contribution >= 0.6 is 0 Å². The minimum atomic E-state index is -1.14. The van der Waals surface area contributed by atoms with E-state index in [-0.39, 0.29) is 18.1 Å². The number of ether oxygens (including phenoxy) is 2. The molecule has 0 amide bonds. The summed E-state index contributed by atoms with van der Waals surface area (Å²) in [4.78, 5) is 12.9. The monoisotopic (exact) mass is 400 g/mol. The van der Waals surface area contributed by atoms with Crippen molar-refractivity contribution in [3.05, 3.63) is 0 Å². The number of carbonyl (C=O) groups is 1. The lowest BCUT2D eigenvalue weighted by molar-refractivity contribution is -0.253. The number of aliphatic hydroxyl groups is 4. The van der Waals surface area contributed by atoms with Crippen LogP contribution in [0.15, 0.2) is 0 Å². The first kappa shape index (κ1) is 22.1. The van der Waals surface area contributed by atoms with Crippen LogP contribution in [0.4, 0.5) is 0 Å². The largest absolute Gasteiger partial charge is 0.393 e. The molecular weight excluding hydrogens is 364 g/mol. The van der Waals surface area contributed by atoms with Crippen molar-refractivity contribution < 1.29 is 34.7 Å². The van der Waals surface area contributed by atoms with Gasteiger partial charge in [-0.3, -0.25) is 4.79 Å². The minimum Gasteiger partial charge on any atom is -0.393 e. The van der Waals surface area contributed by atoms with E-state index in [0.717, 1.165) is 6.42 Å². The quantitative estimate of drug-likeness (QED) is 0.549. The van der Waals surface area contributed by atoms with Crippen LogP contribution in [0.1, 0.15) is 65.7 Å². The van der Waals surface area contributed by atoms with Crippen LogP contribution in [0.25, 0.3) is 0 Å². The van der Waals surface area contributed by atoms with Gasteiger partial charge in [0.15, 0.2) is 6.29 Å². The lowest BCUT2D eigenvalue weighted by Crippen LogP contribution is -2.52. The summed E-state index contributed by atoms with van der Waals surface area (Å²) < 4.78 is 12.0. The van der Waals surface area contributed by atoms with Gasteiger partial charge in [-0.15, -0.1) is 0 Å². The van der Waals surface area contributed by atoms with E-state index in [1.807, 2.05) is 13.8 Å². The maximum absolute atomic E-state index is 12.9. The molecule has 0 saturated carbocycles. The third-order valence-corrected chi connectivity index (χ3v) is 7.08. The van der Waals surface area contributed by atoms with E-state index in [0.29, 0.717) is 32.1 Å². The fourth-order valence-corrected chi connectivity index (χ4v) is 5.34. The molecule has 4 heterocycles. The zero-order valence-electron chi connectivity index (χ0n) is 17.2. The third kappa shape index (κ3) is 4.45. The van der Waals surface area contributed by atoms with E-state index < -0.39 is 54.2 Å². The van der Waals surface area contributed by atoms with Gasteiger partial charge in [0, 0.05) is 37.0 Å². The number of fused-ring (bicyclic) bond motifs is 6. The Labute approximate surface area is 167 Å². The Balaban J connectivity index is 1.93. The van der Waals surface area contributed by atoms with Crippen molar-refractivity contribution in [1.29, 1.82) is 0 Å². The standard InChI is InChI=1S/C21H36O7/c1-4-5-13-16-9-15(23)11(2)18(24)17-8-12(22)10-21(3,28-17)7-6-14(19(13)25)20(26)27-16/h11-14,16-20,22,24-26H,4-10H2,1-3H3. The van der Waals surface area contributed by atoms with Crippen LogP contribution in [0.5, 0.6) is 0 Å². The highest BCUT2D eigenvalue weighted by Crippen LogP contribution is 2.41. The van der Waals surface area contributed by atoms with Gasteiger partial charge in [0.2, 0.25) is 0 Å². The molecule has 4 aliphatic heterocycles. The van der Waals surface area contributed by atoms with Gasteiger partial charge in [-0.05, 0) is 26.2 Å². The summed E-state index contributed by atoms with van der Waals surface area (Å²) in [5, 5.41) is 42.7. The predicted octanol–water partition coefficient (Wildman–Crippen LogP) is 1.15. The summed E-state index contributed by atoms with van der Waals surface area (Å²) in [6, 6.07) is 0. The van der Waals surface area contributed by atoms with E-state index in [9.17, 15) is 25.2 Å². The van der Waals surface area contributed by atoms with Gasteiger partial charge in [-0.1, -0.05) is 20.3 Å². The highest BCUT2D eigenvalue weighted by atomic mass is 16.6. The lowest BCUT2D eigenvalue weighted by Gasteiger charge is -2.45. The van der Waals surface area contributed by atoms with Crippen LogP contribution in [0.3, 0.4) is 0 Å². The first-order valence-corrected chi connectivity index (χ1v) is 10.7. The summed E-state index contributed by atoms with van der Waals surface area (Å²) in [7, 11) is 0. The number of hydrogen-bond acceptors (Lipinski definition) is 7. The molecule has 162 valence electrons. The topological polar surface area (TPSA) is 116 Å². The van der Waals surface area contributed by atoms with E-state index >= 15 is 0 Å². The van der Waals surface area contributed by atoms with Crippen molar-refractivity contribution >= 4 is 5.78 Å². The first-order valence-electron chi connectivity index (χ1n) is 10.7. The maximum atomic E-state index is 12.9. The Hall–Kier alpha value is -0.570. The zero-order valence-corrected chi connectivity index (χ0v) is 17.2.